The van der Waals surface area contributed by atoms with Crippen molar-refractivity contribution in [2.24, 2.45) is 4.99 Å². The van der Waals surface area contributed by atoms with Gasteiger partial charge in [0.1, 0.15) is 11.9 Å². The summed E-state index contributed by atoms with van der Waals surface area (Å²) in [7, 11) is 0. The van der Waals surface area contributed by atoms with Crippen LogP contribution in [0.4, 0.5) is 10.1 Å². The second-order valence-electron chi connectivity index (χ2n) is 6.83. The van der Waals surface area contributed by atoms with E-state index in [9.17, 15) is 14.0 Å². The molecule has 0 bridgehead atoms. The Labute approximate surface area is 166 Å². The third kappa shape index (κ3) is 3.45. The molecule has 2 N–H and O–H groups in total. The van der Waals surface area contributed by atoms with Gasteiger partial charge in [0.15, 0.2) is 0 Å². The standard InChI is InChI=1S/C20H18ClFN4O2/c1-11-20(28)26(12-6-3-2-4-7-12)25-18(23-11)19(27)24-16-10-13(16)17-14(21)8-5-9-15(17)22/h2-9,11,13,16H,10H2,1H3,(H,23,25)(H,24,27)/t11-,13+,16-/m0/s1. The van der Waals surface area contributed by atoms with Gasteiger partial charge in [-0.2, -0.15) is 0 Å². The summed E-state index contributed by atoms with van der Waals surface area (Å²) in [4.78, 5) is 29.2. The number of nitrogens with zero attached hydrogens (tertiary/aromatic N) is 2. The number of hydrogen-bond donors (Lipinski definition) is 2. The summed E-state index contributed by atoms with van der Waals surface area (Å²) in [5.74, 6) is -1.21. The van der Waals surface area contributed by atoms with Crippen LogP contribution in [-0.2, 0) is 9.59 Å². The summed E-state index contributed by atoms with van der Waals surface area (Å²) in [5, 5.41) is 4.50. The average Bonchev–Trinajstić information content (AvgIpc) is 3.42. The summed E-state index contributed by atoms with van der Waals surface area (Å²) in [6, 6.07) is 12.6. The zero-order valence-corrected chi connectivity index (χ0v) is 15.8. The van der Waals surface area contributed by atoms with Crippen molar-refractivity contribution in [3.63, 3.8) is 0 Å². The van der Waals surface area contributed by atoms with Crippen LogP contribution in [0.5, 0.6) is 0 Å². The number of para-hydroxylation sites is 1. The van der Waals surface area contributed by atoms with Gasteiger partial charge < -0.3 is 5.32 Å². The summed E-state index contributed by atoms with van der Waals surface area (Å²) in [5.41, 5.74) is 3.81. The first kappa shape index (κ1) is 18.4. The first-order valence-corrected chi connectivity index (χ1v) is 9.31. The maximum Gasteiger partial charge on any atom is 0.288 e. The van der Waals surface area contributed by atoms with Crippen molar-refractivity contribution in [2.75, 3.05) is 5.01 Å². The Morgan fingerprint density at radius 1 is 1.25 bits per heavy atom. The molecule has 1 fully saturated rings. The van der Waals surface area contributed by atoms with Crippen LogP contribution in [0.3, 0.4) is 0 Å². The molecule has 2 aromatic rings. The number of amidine groups is 1. The highest BCUT2D eigenvalue weighted by atomic mass is 35.5. The van der Waals surface area contributed by atoms with Gasteiger partial charge in [-0.25, -0.2) is 14.4 Å². The minimum Gasteiger partial charge on any atom is -0.346 e. The molecule has 0 unspecified atom stereocenters. The lowest BCUT2D eigenvalue weighted by molar-refractivity contribution is -0.120. The number of hydrogen-bond acceptors (Lipinski definition) is 4. The third-order valence-corrected chi connectivity index (χ3v) is 5.15. The van der Waals surface area contributed by atoms with Crippen molar-refractivity contribution in [3.8, 4) is 0 Å². The molecule has 0 saturated heterocycles. The fourth-order valence-corrected chi connectivity index (χ4v) is 3.58. The van der Waals surface area contributed by atoms with E-state index in [0.29, 0.717) is 22.7 Å². The highest BCUT2D eigenvalue weighted by Gasteiger charge is 2.43. The predicted octanol–water partition coefficient (Wildman–Crippen LogP) is 2.79. The fourth-order valence-electron chi connectivity index (χ4n) is 3.28. The van der Waals surface area contributed by atoms with E-state index in [1.165, 1.54) is 11.1 Å². The Morgan fingerprint density at radius 3 is 2.71 bits per heavy atom. The molecule has 1 heterocycles. The third-order valence-electron chi connectivity index (χ3n) is 4.83. The van der Waals surface area contributed by atoms with E-state index in [1.54, 1.807) is 43.3 Å². The molecule has 0 radical (unpaired) electrons. The van der Waals surface area contributed by atoms with Gasteiger partial charge in [0.25, 0.3) is 11.8 Å². The Hall–Kier alpha value is -2.93. The normalized spacial score (nSPS) is 23.7. The number of aliphatic imine (C=N–C) groups is 1. The van der Waals surface area contributed by atoms with E-state index in [-0.39, 0.29) is 29.5 Å². The van der Waals surface area contributed by atoms with Gasteiger partial charge in [0, 0.05) is 22.5 Å². The van der Waals surface area contributed by atoms with E-state index in [0.717, 1.165) is 0 Å². The molecular weight excluding hydrogens is 383 g/mol. The summed E-state index contributed by atoms with van der Waals surface area (Å²) in [6.45, 7) is 1.63. The summed E-state index contributed by atoms with van der Waals surface area (Å²) in [6.07, 6.45) is 0.594. The number of rotatable bonds is 4. The largest absolute Gasteiger partial charge is 0.346 e. The minimum absolute atomic E-state index is 0.0428. The van der Waals surface area contributed by atoms with Gasteiger partial charge in [-0.05, 0) is 37.6 Å². The van der Waals surface area contributed by atoms with Gasteiger partial charge in [-0.15, -0.1) is 0 Å². The van der Waals surface area contributed by atoms with Crippen LogP contribution in [0, 0.1) is 5.82 Å². The second-order valence-corrected chi connectivity index (χ2v) is 7.24. The molecule has 4 rings (SSSR count). The van der Waals surface area contributed by atoms with E-state index in [4.69, 9.17) is 11.6 Å². The lowest BCUT2D eigenvalue weighted by Gasteiger charge is -2.30. The number of benzene rings is 2. The molecule has 2 amide bonds. The predicted molar refractivity (Wildman–Crippen MR) is 105 cm³/mol. The van der Waals surface area contributed by atoms with Crippen molar-refractivity contribution in [1.29, 1.82) is 0 Å². The topological polar surface area (TPSA) is 73.8 Å². The Morgan fingerprint density at radius 2 is 2.00 bits per heavy atom. The van der Waals surface area contributed by atoms with Gasteiger partial charge in [-0.1, -0.05) is 35.9 Å². The average molecular weight is 401 g/mol. The highest BCUT2D eigenvalue weighted by molar-refractivity contribution is 6.39. The molecule has 28 heavy (non-hydrogen) atoms. The minimum atomic E-state index is -0.696. The molecule has 3 atom stereocenters. The zero-order chi connectivity index (χ0) is 19.8. The van der Waals surface area contributed by atoms with Crippen LogP contribution in [0.15, 0.2) is 53.5 Å². The number of carbonyl (C=O) groups excluding carboxylic acids is 2. The molecule has 0 spiro atoms. The SMILES string of the molecule is C[C@@H]1N=C(C(=O)N[C@H]2C[C@H]2c2c(F)cccc2Cl)NN(c2ccccc2)C1=O. The molecule has 2 aromatic carbocycles. The quantitative estimate of drug-likeness (QED) is 0.828. The van der Waals surface area contributed by atoms with Crippen LogP contribution < -0.4 is 15.8 Å². The monoisotopic (exact) mass is 400 g/mol. The lowest BCUT2D eigenvalue weighted by atomic mass is 10.1. The van der Waals surface area contributed by atoms with Gasteiger partial charge in [-0.3, -0.25) is 15.0 Å². The highest BCUT2D eigenvalue weighted by Crippen LogP contribution is 2.44. The molecule has 2 aliphatic rings. The number of hydrazine groups is 1. The van der Waals surface area contributed by atoms with E-state index < -0.39 is 11.9 Å². The molecule has 144 valence electrons. The van der Waals surface area contributed by atoms with Crippen LogP contribution in [-0.4, -0.2) is 29.7 Å². The van der Waals surface area contributed by atoms with Crippen LogP contribution >= 0.6 is 11.6 Å². The van der Waals surface area contributed by atoms with Crippen molar-refractivity contribution < 1.29 is 14.0 Å². The van der Waals surface area contributed by atoms with E-state index in [2.05, 4.69) is 15.7 Å². The molecule has 6 nitrogen and oxygen atoms in total. The smallest absolute Gasteiger partial charge is 0.288 e. The molecule has 8 heteroatoms. The molecule has 1 aliphatic heterocycles. The van der Waals surface area contributed by atoms with Crippen LogP contribution in [0.2, 0.25) is 5.02 Å². The number of anilines is 1. The summed E-state index contributed by atoms with van der Waals surface area (Å²) < 4.78 is 14.1. The lowest BCUT2D eigenvalue weighted by Crippen LogP contribution is -2.58. The van der Waals surface area contributed by atoms with Gasteiger partial charge in [0.05, 0.1) is 5.69 Å². The zero-order valence-electron chi connectivity index (χ0n) is 15.0. The molecule has 0 aromatic heterocycles. The maximum absolute atomic E-state index is 14.1. The van der Waals surface area contributed by atoms with Crippen LogP contribution in [0.25, 0.3) is 0 Å². The fraction of sp³-hybridized carbons (Fsp3) is 0.250. The van der Waals surface area contributed by atoms with E-state index in [1.807, 2.05) is 6.07 Å². The maximum atomic E-state index is 14.1. The van der Waals surface area contributed by atoms with Crippen molar-refractivity contribution in [3.05, 3.63) is 64.9 Å². The number of carbonyl (C=O) groups is 2. The molecule has 1 aliphatic carbocycles. The van der Waals surface area contributed by atoms with E-state index >= 15 is 0 Å². The van der Waals surface area contributed by atoms with Gasteiger partial charge in [0.2, 0.25) is 5.84 Å². The first-order chi connectivity index (χ1) is 13.5. The molecular formula is C20H18ClFN4O2. The van der Waals surface area contributed by atoms with Crippen molar-refractivity contribution >= 4 is 34.9 Å². The van der Waals surface area contributed by atoms with Crippen molar-refractivity contribution in [2.45, 2.75) is 31.3 Å². The Bertz CT molecular complexity index is 946. The Kier molecular flexibility index (Phi) is 4.77. The number of nitrogens with one attached hydrogen (secondary N) is 2. The second kappa shape index (κ2) is 7.24. The molecule has 1 saturated carbocycles. The Balaban J connectivity index is 1.47. The number of amides is 2. The number of halogens is 2. The van der Waals surface area contributed by atoms with Crippen LogP contribution in [0.1, 0.15) is 24.8 Å². The first-order valence-electron chi connectivity index (χ1n) is 8.94. The van der Waals surface area contributed by atoms with Gasteiger partial charge >= 0.3 is 0 Å². The summed E-state index contributed by atoms with van der Waals surface area (Å²) >= 11 is 6.10. The van der Waals surface area contributed by atoms with Crippen molar-refractivity contribution in [1.82, 2.24) is 10.7 Å².